The van der Waals surface area contributed by atoms with Gasteiger partial charge in [0.15, 0.2) is 0 Å². The van der Waals surface area contributed by atoms with E-state index in [1.807, 2.05) is 24.3 Å². The Hall–Kier alpha value is -0.380. The molecule has 0 saturated carbocycles. The zero-order chi connectivity index (χ0) is 9.68. The Morgan fingerprint density at radius 3 is 2.62 bits per heavy atom. The van der Waals surface area contributed by atoms with E-state index < -0.39 is 0 Å². The lowest BCUT2D eigenvalue weighted by Gasteiger charge is -2.12. The minimum atomic E-state index is 0.0964. The summed E-state index contributed by atoms with van der Waals surface area (Å²) in [5, 5.41) is 0. The molecule has 1 atom stereocenters. The predicted octanol–water partition coefficient (Wildman–Crippen LogP) is 2.19. The van der Waals surface area contributed by atoms with E-state index in [0.29, 0.717) is 6.54 Å². The van der Waals surface area contributed by atoms with Gasteiger partial charge in [0.05, 0.1) is 0 Å². The second kappa shape index (κ2) is 5.37. The van der Waals surface area contributed by atoms with Crippen molar-refractivity contribution in [1.82, 2.24) is 0 Å². The number of hydrogen-bond donors (Lipinski definition) is 2. The number of rotatable bonds is 4. The summed E-state index contributed by atoms with van der Waals surface area (Å²) >= 11 is 3.48. The van der Waals surface area contributed by atoms with Crippen LogP contribution in [0.15, 0.2) is 28.7 Å². The molecule has 13 heavy (non-hydrogen) atoms. The summed E-state index contributed by atoms with van der Waals surface area (Å²) in [6, 6.07) is 8.15. The lowest BCUT2D eigenvalue weighted by molar-refractivity contribution is 0.616. The van der Waals surface area contributed by atoms with Gasteiger partial charge in [-0.2, -0.15) is 0 Å². The Labute approximate surface area is 87.4 Å². The molecule has 1 aromatic rings. The molecule has 1 aromatic carbocycles. The van der Waals surface area contributed by atoms with E-state index in [9.17, 15) is 0 Å². The highest BCUT2D eigenvalue weighted by molar-refractivity contribution is 9.10. The quantitative estimate of drug-likeness (QED) is 0.851. The second-order valence-electron chi connectivity index (χ2n) is 3.06. The average molecular weight is 243 g/mol. The molecule has 0 radical (unpaired) electrons. The van der Waals surface area contributed by atoms with E-state index in [1.54, 1.807) is 0 Å². The van der Waals surface area contributed by atoms with E-state index in [0.717, 1.165) is 22.9 Å². The van der Waals surface area contributed by atoms with Crippen molar-refractivity contribution in [1.29, 1.82) is 0 Å². The minimum Gasteiger partial charge on any atom is -0.330 e. The normalized spacial score (nSPS) is 12.8. The molecular weight excluding hydrogens is 228 g/mol. The first-order valence-corrected chi connectivity index (χ1v) is 5.25. The lowest BCUT2D eigenvalue weighted by Crippen LogP contribution is -2.12. The van der Waals surface area contributed by atoms with Crippen molar-refractivity contribution in [2.24, 2.45) is 11.5 Å². The molecule has 0 aromatic heterocycles. The van der Waals surface area contributed by atoms with Gasteiger partial charge >= 0.3 is 0 Å². The van der Waals surface area contributed by atoms with E-state index >= 15 is 0 Å². The zero-order valence-electron chi connectivity index (χ0n) is 7.54. The van der Waals surface area contributed by atoms with Crippen molar-refractivity contribution in [2.45, 2.75) is 18.9 Å². The third kappa shape index (κ3) is 3.10. The average Bonchev–Trinajstić information content (AvgIpc) is 2.15. The molecule has 0 amide bonds. The summed E-state index contributed by atoms with van der Waals surface area (Å²) in [5.74, 6) is 0. The van der Waals surface area contributed by atoms with Gasteiger partial charge < -0.3 is 11.5 Å². The van der Waals surface area contributed by atoms with Crippen LogP contribution in [0, 0.1) is 0 Å². The van der Waals surface area contributed by atoms with Crippen LogP contribution in [0.3, 0.4) is 0 Å². The van der Waals surface area contributed by atoms with Gasteiger partial charge in [0.25, 0.3) is 0 Å². The fraction of sp³-hybridized carbons (Fsp3) is 0.400. The fourth-order valence-corrected chi connectivity index (χ4v) is 1.85. The molecule has 0 unspecified atom stereocenters. The summed E-state index contributed by atoms with van der Waals surface area (Å²) in [5.41, 5.74) is 12.6. The third-order valence-corrected chi connectivity index (χ3v) is 2.75. The maximum Gasteiger partial charge on any atom is 0.0306 e. The van der Waals surface area contributed by atoms with Gasteiger partial charge in [-0.15, -0.1) is 0 Å². The van der Waals surface area contributed by atoms with Crippen molar-refractivity contribution in [3.63, 3.8) is 0 Å². The topological polar surface area (TPSA) is 52.0 Å². The summed E-state index contributed by atoms with van der Waals surface area (Å²) < 4.78 is 1.08. The van der Waals surface area contributed by atoms with Crippen LogP contribution in [0.25, 0.3) is 0 Å². The molecule has 4 N–H and O–H groups in total. The Bertz CT molecular complexity index is 263. The van der Waals surface area contributed by atoms with Crippen LogP contribution >= 0.6 is 15.9 Å². The molecule has 0 saturated heterocycles. The molecule has 0 spiro atoms. The first kappa shape index (κ1) is 10.7. The Kier molecular flexibility index (Phi) is 4.42. The van der Waals surface area contributed by atoms with Gasteiger partial charge in [0.2, 0.25) is 0 Å². The molecule has 0 fully saturated rings. The number of benzene rings is 1. The van der Waals surface area contributed by atoms with E-state index in [-0.39, 0.29) is 6.04 Å². The maximum atomic E-state index is 6.00. The first-order chi connectivity index (χ1) is 6.25. The first-order valence-electron chi connectivity index (χ1n) is 4.45. The molecular formula is C10H15BrN2. The second-order valence-corrected chi connectivity index (χ2v) is 3.91. The molecule has 3 heteroatoms. The van der Waals surface area contributed by atoms with Crippen LogP contribution in [0.2, 0.25) is 0 Å². The molecule has 0 heterocycles. The Balaban J connectivity index is 2.65. The summed E-state index contributed by atoms with van der Waals surface area (Å²) in [6.45, 7) is 0.707. The van der Waals surface area contributed by atoms with E-state index in [2.05, 4.69) is 15.9 Å². The largest absolute Gasteiger partial charge is 0.330 e. The van der Waals surface area contributed by atoms with Crippen LogP contribution in [0.4, 0.5) is 0 Å². The summed E-state index contributed by atoms with van der Waals surface area (Å²) in [4.78, 5) is 0. The SMILES string of the molecule is NCCC[C@H](N)c1ccccc1Br. The van der Waals surface area contributed by atoms with Crippen LogP contribution < -0.4 is 11.5 Å². The third-order valence-electron chi connectivity index (χ3n) is 2.02. The molecule has 1 rings (SSSR count). The van der Waals surface area contributed by atoms with Crippen LogP contribution in [0.5, 0.6) is 0 Å². The van der Waals surface area contributed by atoms with Gasteiger partial charge in [-0.3, -0.25) is 0 Å². The standard InChI is InChI=1S/C10H15BrN2/c11-9-5-2-1-4-8(9)10(13)6-3-7-12/h1-2,4-5,10H,3,6-7,12-13H2/t10-/m0/s1. The van der Waals surface area contributed by atoms with Crippen LogP contribution in [-0.4, -0.2) is 6.54 Å². The van der Waals surface area contributed by atoms with Crippen molar-refractivity contribution in [3.05, 3.63) is 34.3 Å². The molecule has 2 nitrogen and oxygen atoms in total. The van der Waals surface area contributed by atoms with E-state index in [4.69, 9.17) is 11.5 Å². The van der Waals surface area contributed by atoms with Gasteiger partial charge in [0, 0.05) is 10.5 Å². The molecule has 0 aliphatic rings. The molecule has 0 aliphatic carbocycles. The number of nitrogens with two attached hydrogens (primary N) is 2. The summed E-state index contributed by atoms with van der Waals surface area (Å²) in [7, 11) is 0. The summed E-state index contributed by atoms with van der Waals surface area (Å²) in [6.07, 6.45) is 1.92. The molecule has 72 valence electrons. The highest BCUT2D eigenvalue weighted by Crippen LogP contribution is 2.23. The van der Waals surface area contributed by atoms with Crippen molar-refractivity contribution in [2.75, 3.05) is 6.54 Å². The van der Waals surface area contributed by atoms with Crippen LogP contribution in [0.1, 0.15) is 24.4 Å². The Morgan fingerprint density at radius 1 is 1.31 bits per heavy atom. The van der Waals surface area contributed by atoms with Crippen LogP contribution in [-0.2, 0) is 0 Å². The highest BCUT2D eigenvalue weighted by atomic mass is 79.9. The van der Waals surface area contributed by atoms with E-state index in [1.165, 1.54) is 0 Å². The number of halogens is 1. The lowest BCUT2D eigenvalue weighted by atomic mass is 10.0. The zero-order valence-corrected chi connectivity index (χ0v) is 9.13. The highest BCUT2D eigenvalue weighted by Gasteiger charge is 2.07. The monoisotopic (exact) mass is 242 g/mol. The fourth-order valence-electron chi connectivity index (χ4n) is 1.27. The van der Waals surface area contributed by atoms with Gasteiger partial charge in [-0.25, -0.2) is 0 Å². The van der Waals surface area contributed by atoms with Gasteiger partial charge in [-0.05, 0) is 31.0 Å². The van der Waals surface area contributed by atoms with Crippen molar-refractivity contribution >= 4 is 15.9 Å². The predicted molar refractivity (Wildman–Crippen MR) is 59.4 cm³/mol. The van der Waals surface area contributed by atoms with Crippen molar-refractivity contribution in [3.8, 4) is 0 Å². The molecule has 0 aliphatic heterocycles. The number of hydrogen-bond acceptors (Lipinski definition) is 2. The molecule has 0 bridgehead atoms. The minimum absolute atomic E-state index is 0.0964. The van der Waals surface area contributed by atoms with Gasteiger partial charge in [0.1, 0.15) is 0 Å². The van der Waals surface area contributed by atoms with Crippen molar-refractivity contribution < 1.29 is 0 Å². The smallest absolute Gasteiger partial charge is 0.0306 e. The Morgan fingerprint density at radius 2 is 2.00 bits per heavy atom. The van der Waals surface area contributed by atoms with Gasteiger partial charge in [-0.1, -0.05) is 34.1 Å². The maximum absolute atomic E-state index is 6.00.